The van der Waals surface area contributed by atoms with Crippen molar-refractivity contribution < 1.29 is 0 Å². The number of nitrogens with one attached hydrogen (secondary N) is 1. The first-order valence-electron chi connectivity index (χ1n) is 5.08. The van der Waals surface area contributed by atoms with Crippen molar-refractivity contribution in [2.45, 2.75) is 38.6 Å². The monoisotopic (exact) mass is 255 g/mol. The molecule has 14 heavy (non-hydrogen) atoms. The summed E-state index contributed by atoms with van der Waals surface area (Å²) in [5.41, 5.74) is 0. The number of rotatable bonds is 4. The Kier molecular flexibility index (Phi) is 3.01. The molecule has 0 spiro atoms. The van der Waals surface area contributed by atoms with Crippen LogP contribution < -0.4 is 5.32 Å². The Balaban J connectivity index is 2.12. The second-order valence-electron chi connectivity index (χ2n) is 3.66. The van der Waals surface area contributed by atoms with E-state index in [1.165, 1.54) is 12.8 Å². The SMILES string of the molecule is CCCc1nc(Br)cc(NC2CC2)n1. The van der Waals surface area contributed by atoms with Gasteiger partial charge in [-0.15, -0.1) is 0 Å². The molecule has 1 aliphatic carbocycles. The highest BCUT2D eigenvalue weighted by molar-refractivity contribution is 9.10. The zero-order valence-electron chi connectivity index (χ0n) is 8.26. The lowest BCUT2D eigenvalue weighted by Crippen LogP contribution is -2.06. The van der Waals surface area contributed by atoms with Gasteiger partial charge in [0.15, 0.2) is 0 Å². The van der Waals surface area contributed by atoms with Crippen LogP contribution in [0.15, 0.2) is 10.7 Å². The predicted molar refractivity (Wildman–Crippen MR) is 60.4 cm³/mol. The topological polar surface area (TPSA) is 37.8 Å². The first kappa shape index (κ1) is 9.90. The molecule has 0 radical (unpaired) electrons. The van der Waals surface area contributed by atoms with Crippen LogP contribution in [0, 0.1) is 0 Å². The van der Waals surface area contributed by atoms with Crippen LogP contribution >= 0.6 is 15.9 Å². The molecule has 0 unspecified atom stereocenters. The molecule has 3 nitrogen and oxygen atoms in total. The average Bonchev–Trinajstić information content (AvgIpc) is 2.87. The molecule has 1 fully saturated rings. The fraction of sp³-hybridized carbons (Fsp3) is 0.600. The molecule has 76 valence electrons. The smallest absolute Gasteiger partial charge is 0.132 e. The van der Waals surface area contributed by atoms with Gasteiger partial charge in [0.05, 0.1) is 0 Å². The first-order valence-corrected chi connectivity index (χ1v) is 5.87. The van der Waals surface area contributed by atoms with E-state index >= 15 is 0 Å². The normalized spacial score (nSPS) is 15.6. The van der Waals surface area contributed by atoms with Gasteiger partial charge in [0.1, 0.15) is 16.2 Å². The minimum Gasteiger partial charge on any atom is -0.367 e. The summed E-state index contributed by atoms with van der Waals surface area (Å²) in [5.74, 6) is 1.88. The van der Waals surface area contributed by atoms with Crippen molar-refractivity contribution >= 4 is 21.7 Å². The van der Waals surface area contributed by atoms with Gasteiger partial charge in [0, 0.05) is 18.5 Å². The largest absolute Gasteiger partial charge is 0.367 e. The van der Waals surface area contributed by atoms with Gasteiger partial charge in [0.2, 0.25) is 0 Å². The lowest BCUT2D eigenvalue weighted by Gasteiger charge is -2.05. The molecule has 1 heterocycles. The minimum atomic E-state index is 0.645. The Labute approximate surface area is 92.5 Å². The van der Waals surface area contributed by atoms with Crippen molar-refractivity contribution in [2.75, 3.05) is 5.32 Å². The van der Waals surface area contributed by atoms with Gasteiger partial charge in [-0.1, -0.05) is 6.92 Å². The van der Waals surface area contributed by atoms with Crippen LogP contribution in [0.4, 0.5) is 5.82 Å². The van der Waals surface area contributed by atoms with Crippen LogP contribution in [-0.2, 0) is 6.42 Å². The van der Waals surface area contributed by atoms with Crippen molar-refractivity contribution in [3.63, 3.8) is 0 Å². The third kappa shape index (κ3) is 2.67. The third-order valence-corrected chi connectivity index (χ3v) is 2.55. The number of hydrogen-bond donors (Lipinski definition) is 1. The molecule has 2 rings (SSSR count). The van der Waals surface area contributed by atoms with Gasteiger partial charge < -0.3 is 5.32 Å². The van der Waals surface area contributed by atoms with Crippen molar-refractivity contribution in [1.29, 1.82) is 0 Å². The summed E-state index contributed by atoms with van der Waals surface area (Å²) in [5, 5.41) is 3.37. The van der Waals surface area contributed by atoms with Gasteiger partial charge in [-0.05, 0) is 35.2 Å². The van der Waals surface area contributed by atoms with E-state index in [0.717, 1.165) is 29.1 Å². The van der Waals surface area contributed by atoms with E-state index in [1.807, 2.05) is 6.07 Å². The Morgan fingerprint density at radius 1 is 1.50 bits per heavy atom. The molecule has 0 atom stereocenters. The van der Waals surface area contributed by atoms with Gasteiger partial charge in [0.25, 0.3) is 0 Å². The Bertz CT molecular complexity index is 323. The number of aromatic nitrogens is 2. The maximum atomic E-state index is 4.45. The summed E-state index contributed by atoms with van der Waals surface area (Å²) in [6, 6.07) is 2.59. The van der Waals surface area contributed by atoms with E-state index < -0.39 is 0 Å². The molecule has 0 bridgehead atoms. The fourth-order valence-corrected chi connectivity index (χ4v) is 1.73. The molecule has 0 saturated heterocycles. The number of nitrogens with zero attached hydrogens (tertiary/aromatic N) is 2. The van der Waals surface area contributed by atoms with E-state index in [4.69, 9.17) is 0 Å². The molecule has 1 aliphatic rings. The molecule has 1 N–H and O–H groups in total. The maximum Gasteiger partial charge on any atom is 0.132 e. The average molecular weight is 256 g/mol. The summed E-state index contributed by atoms with van der Waals surface area (Å²) in [4.78, 5) is 8.77. The summed E-state index contributed by atoms with van der Waals surface area (Å²) in [6.07, 6.45) is 4.56. The van der Waals surface area contributed by atoms with E-state index in [1.54, 1.807) is 0 Å². The second-order valence-corrected chi connectivity index (χ2v) is 4.47. The van der Waals surface area contributed by atoms with Crippen LogP contribution in [0.25, 0.3) is 0 Å². The van der Waals surface area contributed by atoms with Gasteiger partial charge >= 0.3 is 0 Å². The molecular weight excluding hydrogens is 242 g/mol. The summed E-state index contributed by atoms with van der Waals surface area (Å²) >= 11 is 3.40. The number of aryl methyl sites for hydroxylation is 1. The Hall–Kier alpha value is -0.640. The van der Waals surface area contributed by atoms with Crippen molar-refractivity contribution in [3.05, 3.63) is 16.5 Å². The van der Waals surface area contributed by atoms with Crippen LogP contribution in [0.3, 0.4) is 0 Å². The van der Waals surface area contributed by atoms with Crippen LogP contribution in [0.2, 0.25) is 0 Å². The zero-order valence-corrected chi connectivity index (χ0v) is 9.84. The van der Waals surface area contributed by atoms with Gasteiger partial charge in [-0.25, -0.2) is 9.97 Å². The molecule has 0 aromatic carbocycles. The lowest BCUT2D eigenvalue weighted by molar-refractivity contribution is 0.828. The van der Waals surface area contributed by atoms with Crippen LogP contribution in [-0.4, -0.2) is 16.0 Å². The van der Waals surface area contributed by atoms with Gasteiger partial charge in [-0.3, -0.25) is 0 Å². The zero-order chi connectivity index (χ0) is 9.97. The molecule has 1 aromatic heterocycles. The fourth-order valence-electron chi connectivity index (χ4n) is 1.31. The van der Waals surface area contributed by atoms with Crippen LogP contribution in [0.1, 0.15) is 32.0 Å². The molecule has 0 amide bonds. The second kappa shape index (κ2) is 4.26. The summed E-state index contributed by atoms with van der Waals surface area (Å²) in [6.45, 7) is 2.14. The highest BCUT2D eigenvalue weighted by atomic mass is 79.9. The Morgan fingerprint density at radius 2 is 2.29 bits per heavy atom. The summed E-state index contributed by atoms with van der Waals surface area (Å²) in [7, 11) is 0. The molecule has 1 aromatic rings. The van der Waals surface area contributed by atoms with E-state index in [2.05, 4.69) is 38.1 Å². The highest BCUT2D eigenvalue weighted by Gasteiger charge is 2.21. The first-order chi connectivity index (χ1) is 6.78. The standard InChI is InChI=1S/C10H14BrN3/c1-2-3-9-13-8(11)6-10(14-9)12-7-4-5-7/h6-7H,2-5H2,1H3,(H,12,13,14). The highest BCUT2D eigenvalue weighted by Crippen LogP contribution is 2.24. The predicted octanol–water partition coefficient (Wildman–Crippen LogP) is 2.77. The Morgan fingerprint density at radius 3 is 2.93 bits per heavy atom. The van der Waals surface area contributed by atoms with Crippen molar-refractivity contribution in [3.8, 4) is 0 Å². The maximum absolute atomic E-state index is 4.45. The minimum absolute atomic E-state index is 0.645. The van der Waals surface area contributed by atoms with Crippen molar-refractivity contribution in [1.82, 2.24) is 9.97 Å². The molecule has 0 aliphatic heterocycles. The molecule has 1 saturated carbocycles. The quantitative estimate of drug-likeness (QED) is 0.842. The molecule has 4 heteroatoms. The lowest BCUT2D eigenvalue weighted by atomic mass is 10.3. The van der Waals surface area contributed by atoms with Crippen molar-refractivity contribution in [2.24, 2.45) is 0 Å². The van der Waals surface area contributed by atoms with E-state index in [0.29, 0.717) is 6.04 Å². The molecular formula is C10H14BrN3. The number of hydrogen-bond acceptors (Lipinski definition) is 3. The van der Waals surface area contributed by atoms with E-state index in [9.17, 15) is 0 Å². The van der Waals surface area contributed by atoms with E-state index in [-0.39, 0.29) is 0 Å². The number of halogens is 1. The van der Waals surface area contributed by atoms with Gasteiger partial charge in [-0.2, -0.15) is 0 Å². The third-order valence-electron chi connectivity index (χ3n) is 2.14. The number of anilines is 1. The van der Waals surface area contributed by atoms with Crippen LogP contribution in [0.5, 0.6) is 0 Å². The summed E-state index contributed by atoms with van der Waals surface area (Å²) < 4.78 is 0.874.